The molecule has 0 bridgehead atoms. The van der Waals surface area contributed by atoms with Gasteiger partial charge in [0.05, 0.1) is 0 Å². The van der Waals surface area contributed by atoms with Gasteiger partial charge in [0.25, 0.3) is 0 Å². The van der Waals surface area contributed by atoms with Gasteiger partial charge in [-0.25, -0.2) is 0 Å². The van der Waals surface area contributed by atoms with Gasteiger partial charge in [-0.15, -0.1) is 0 Å². The van der Waals surface area contributed by atoms with Gasteiger partial charge in [0.1, 0.15) is 5.75 Å². The number of rotatable bonds is 4. The molecule has 0 aliphatic heterocycles. The molecule has 0 amide bonds. The first-order valence-electron chi connectivity index (χ1n) is 5.00. The highest BCUT2D eigenvalue weighted by molar-refractivity contribution is 5.69. The van der Waals surface area contributed by atoms with Crippen molar-refractivity contribution in [1.82, 2.24) is 4.90 Å². The third-order valence-corrected chi connectivity index (χ3v) is 2.03. The quantitative estimate of drug-likeness (QED) is 0.556. The summed E-state index contributed by atoms with van der Waals surface area (Å²) in [6.07, 6.45) is 1.01. The van der Waals surface area contributed by atoms with E-state index in [1.54, 1.807) is 0 Å². The van der Waals surface area contributed by atoms with Crippen molar-refractivity contribution in [3.8, 4) is 5.75 Å². The molecule has 0 saturated heterocycles. The monoisotopic (exact) mass is 207 g/mol. The summed E-state index contributed by atoms with van der Waals surface area (Å²) in [5, 5.41) is 0. The summed E-state index contributed by atoms with van der Waals surface area (Å²) < 4.78 is 4.95. The van der Waals surface area contributed by atoms with Gasteiger partial charge in [-0.3, -0.25) is 4.79 Å². The Labute approximate surface area is 90.7 Å². The summed E-state index contributed by atoms with van der Waals surface area (Å²) >= 11 is 0. The summed E-state index contributed by atoms with van der Waals surface area (Å²) in [5.41, 5.74) is 1.25. The van der Waals surface area contributed by atoms with Gasteiger partial charge in [0.15, 0.2) is 0 Å². The Morgan fingerprint density at radius 1 is 1.27 bits per heavy atom. The largest absolute Gasteiger partial charge is 0.427 e. The Bertz CT molecular complexity index is 317. The Balaban J connectivity index is 2.52. The van der Waals surface area contributed by atoms with Crippen molar-refractivity contribution < 1.29 is 9.53 Å². The lowest BCUT2D eigenvalue weighted by Crippen LogP contribution is -2.14. The first-order chi connectivity index (χ1) is 7.08. The van der Waals surface area contributed by atoms with Crippen LogP contribution in [0.4, 0.5) is 0 Å². The second-order valence-electron chi connectivity index (χ2n) is 3.79. The van der Waals surface area contributed by atoms with Crippen LogP contribution < -0.4 is 4.74 Å². The van der Waals surface area contributed by atoms with Crippen LogP contribution in [0.25, 0.3) is 0 Å². The van der Waals surface area contributed by atoms with Crippen molar-refractivity contribution >= 4 is 5.97 Å². The minimum absolute atomic E-state index is 0.281. The molecule has 0 saturated carbocycles. The SMILES string of the molecule is CC(=O)Oc1ccc(CCN(C)C)cc1. The summed E-state index contributed by atoms with van der Waals surface area (Å²) in [7, 11) is 4.10. The van der Waals surface area contributed by atoms with E-state index in [1.807, 2.05) is 38.4 Å². The maximum atomic E-state index is 10.7. The van der Waals surface area contributed by atoms with E-state index in [-0.39, 0.29) is 5.97 Å². The number of benzene rings is 1. The van der Waals surface area contributed by atoms with E-state index in [1.165, 1.54) is 12.5 Å². The number of hydrogen-bond donors (Lipinski definition) is 0. The van der Waals surface area contributed by atoms with Crippen molar-refractivity contribution in [2.75, 3.05) is 20.6 Å². The molecule has 15 heavy (non-hydrogen) atoms. The van der Waals surface area contributed by atoms with Gasteiger partial charge < -0.3 is 9.64 Å². The first-order valence-corrected chi connectivity index (χ1v) is 5.00. The molecule has 3 heteroatoms. The van der Waals surface area contributed by atoms with Crippen LogP contribution in [0.5, 0.6) is 5.75 Å². The van der Waals surface area contributed by atoms with E-state index < -0.39 is 0 Å². The fourth-order valence-corrected chi connectivity index (χ4v) is 1.24. The van der Waals surface area contributed by atoms with Gasteiger partial charge in [0, 0.05) is 13.5 Å². The molecule has 0 aliphatic carbocycles. The van der Waals surface area contributed by atoms with Crippen LogP contribution >= 0.6 is 0 Å². The zero-order chi connectivity index (χ0) is 11.3. The van der Waals surface area contributed by atoms with Gasteiger partial charge in [-0.2, -0.15) is 0 Å². The number of nitrogens with zero attached hydrogens (tertiary/aromatic N) is 1. The lowest BCUT2D eigenvalue weighted by atomic mass is 10.1. The van der Waals surface area contributed by atoms with E-state index in [9.17, 15) is 4.79 Å². The molecule has 0 heterocycles. The van der Waals surface area contributed by atoms with E-state index in [4.69, 9.17) is 4.74 Å². The van der Waals surface area contributed by atoms with E-state index in [0.717, 1.165) is 13.0 Å². The summed E-state index contributed by atoms with van der Waals surface area (Å²) in [4.78, 5) is 12.8. The first kappa shape index (κ1) is 11.7. The average molecular weight is 207 g/mol. The van der Waals surface area contributed by atoms with Crippen molar-refractivity contribution in [2.24, 2.45) is 0 Å². The van der Waals surface area contributed by atoms with Crippen LogP contribution in [0, 0.1) is 0 Å². The summed E-state index contributed by atoms with van der Waals surface area (Å²) in [5.74, 6) is 0.326. The predicted octanol–water partition coefficient (Wildman–Crippen LogP) is 1.72. The molecule has 82 valence electrons. The third-order valence-electron chi connectivity index (χ3n) is 2.03. The molecule has 1 aromatic carbocycles. The molecule has 0 N–H and O–H groups in total. The zero-order valence-corrected chi connectivity index (χ0v) is 9.49. The molecule has 1 aromatic rings. The predicted molar refractivity (Wildman–Crippen MR) is 60.0 cm³/mol. The smallest absolute Gasteiger partial charge is 0.308 e. The lowest BCUT2D eigenvalue weighted by molar-refractivity contribution is -0.131. The maximum absolute atomic E-state index is 10.7. The molecule has 0 atom stereocenters. The van der Waals surface area contributed by atoms with E-state index >= 15 is 0 Å². The van der Waals surface area contributed by atoms with E-state index in [2.05, 4.69) is 4.90 Å². The second kappa shape index (κ2) is 5.51. The highest BCUT2D eigenvalue weighted by atomic mass is 16.5. The van der Waals surface area contributed by atoms with Crippen molar-refractivity contribution in [2.45, 2.75) is 13.3 Å². The topological polar surface area (TPSA) is 29.5 Å². The minimum Gasteiger partial charge on any atom is -0.427 e. The van der Waals surface area contributed by atoms with Gasteiger partial charge in [-0.05, 0) is 38.2 Å². The molecular weight excluding hydrogens is 190 g/mol. The fraction of sp³-hybridized carbons (Fsp3) is 0.417. The Hall–Kier alpha value is -1.35. The van der Waals surface area contributed by atoms with Crippen LogP contribution in [-0.4, -0.2) is 31.5 Å². The molecule has 0 unspecified atom stereocenters. The number of ether oxygens (including phenoxy) is 1. The molecule has 3 nitrogen and oxygen atoms in total. The van der Waals surface area contributed by atoms with Crippen LogP contribution in [0.2, 0.25) is 0 Å². The normalized spacial score (nSPS) is 10.4. The molecule has 0 spiro atoms. The molecule has 0 fully saturated rings. The number of carbonyl (C=O) groups is 1. The highest BCUT2D eigenvalue weighted by Crippen LogP contribution is 2.12. The van der Waals surface area contributed by atoms with Crippen LogP contribution in [0.3, 0.4) is 0 Å². The molecule has 0 radical (unpaired) electrons. The van der Waals surface area contributed by atoms with Crippen LogP contribution in [0.15, 0.2) is 24.3 Å². The van der Waals surface area contributed by atoms with Crippen molar-refractivity contribution in [3.63, 3.8) is 0 Å². The number of likely N-dealkylation sites (N-methyl/N-ethyl adjacent to an activating group) is 1. The average Bonchev–Trinajstić information content (AvgIpc) is 2.16. The third kappa shape index (κ3) is 4.61. The summed E-state index contributed by atoms with van der Waals surface area (Å²) in [6, 6.07) is 7.63. The van der Waals surface area contributed by atoms with Crippen LogP contribution in [-0.2, 0) is 11.2 Å². The highest BCUT2D eigenvalue weighted by Gasteiger charge is 1.98. The number of esters is 1. The minimum atomic E-state index is -0.281. The van der Waals surface area contributed by atoms with Gasteiger partial charge in [-0.1, -0.05) is 12.1 Å². The maximum Gasteiger partial charge on any atom is 0.308 e. The van der Waals surface area contributed by atoms with Crippen molar-refractivity contribution in [1.29, 1.82) is 0 Å². The zero-order valence-electron chi connectivity index (χ0n) is 9.49. The van der Waals surface area contributed by atoms with Gasteiger partial charge in [0.2, 0.25) is 0 Å². The molecule has 0 aromatic heterocycles. The second-order valence-corrected chi connectivity index (χ2v) is 3.79. The van der Waals surface area contributed by atoms with E-state index in [0.29, 0.717) is 5.75 Å². The van der Waals surface area contributed by atoms with Gasteiger partial charge >= 0.3 is 5.97 Å². The fourth-order valence-electron chi connectivity index (χ4n) is 1.24. The molecule has 0 aliphatic rings. The van der Waals surface area contributed by atoms with Crippen LogP contribution in [0.1, 0.15) is 12.5 Å². The summed E-state index contributed by atoms with van der Waals surface area (Å²) in [6.45, 7) is 2.42. The Morgan fingerprint density at radius 3 is 2.33 bits per heavy atom. The Kier molecular flexibility index (Phi) is 4.31. The Morgan fingerprint density at radius 2 is 1.87 bits per heavy atom. The number of hydrogen-bond acceptors (Lipinski definition) is 3. The lowest BCUT2D eigenvalue weighted by Gasteiger charge is -2.09. The molecule has 1 rings (SSSR count). The number of carbonyl (C=O) groups excluding carboxylic acids is 1. The standard InChI is InChI=1S/C12H17NO2/c1-10(14)15-12-6-4-11(5-7-12)8-9-13(2)3/h4-7H,8-9H2,1-3H3. The van der Waals surface area contributed by atoms with Crippen molar-refractivity contribution in [3.05, 3.63) is 29.8 Å². The molecular formula is C12H17NO2.